The van der Waals surface area contributed by atoms with E-state index >= 15 is 0 Å². The molecule has 1 aromatic carbocycles. The van der Waals surface area contributed by atoms with E-state index in [0.29, 0.717) is 6.42 Å². The summed E-state index contributed by atoms with van der Waals surface area (Å²) in [6.45, 7) is 0. The summed E-state index contributed by atoms with van der Waals surface area (Å²) in [4.78, 5) is -0.0134. The van der Waals surface area contributed by atoms with Crippen molar-refractivity contribution < 1.29 is 13.2 Å². The number of rotatable bonds is 6. The van der Waals surface area contributed by atoms with Gasteiger partial charge in [0.25, 0.3) is 9.05 Å². The Morgan fingerprint density at radius 3 is 2.67 bits per heavy atom. The predicted molar refractivity (Wildman–Crippen MR) is 76.1 cm³/mol. The number of nitrogens with two attached hydrogens (primary N) is 1. The highest BCUT2D eigenvalue weighted by Gasteiger charge is 2.17. The zero-order chi connectivity index (χ0) is 13.8. The average Bonchev–Trinajstić information content (AvgIpc) is 2.28. The van der Waals surface area contributed by atoms with E-state index in [2.05, 4.69) is 0 Å². The highest BCUT2D eigenvalue weighted by molar-refractivity contribution is 8.13. The van der Waals surface area contributed by atoms with Gasteiger partial charge in [0.2, 0.25) is 0 Å². The number of ether oxygens (including phenoxy) is 1. The number of benzene rings is 1. The van der Waals surface area contributed by atoms with Crippen molar-refractivity contribution in [3.05, 3.63) is 23.8 Å². The average molecular weight is 310 g/mol. The highest BCUT2D eigenvalue weighted by Crippen LogP contribution is 2.28. The molecule has 1 aromatic rings. The first-order valence-electron chi connectivity index (χ1n) is 5.24. The fourth-order valence-corrected chi connectivity index (χ4v) is 3.21. The number of hydrogen-bond acceptors (Lipinski definition) is 5. The molecule has 0 aliphatic carbocycles. The number of hydrogen-bond donors (Lipinski definition) is 1. The van der Waals surface area contributed by atoms with Gasteiger partial charge in [-0.1, -0.05) is 6.07 Å². The molecule has 102 valence electrons. The molecule has 0 aliphatic heterocycles. The van der Waals surface area contributed by atoms with E-state index in [1.807, 2.05) is 6.26 Å². The Bertz CT molecular complexity index is 505. The van der Waals surface area contributed by atoms with Crippen molar-refractivity contribution in [1.29, 1.82) is 0 Å². The van der Waals surface area contributed by atoms with Crippen molar-refractivity contribution in [1.82, 2.24) is 0 Å². The Kier molecular flexibility index (Phi) is 5.78. The lowest BCUT2D eigenvalue weighted by Crippen LogP contribution is -2.25. The minimum atomic E-state index is -3.81. The Labute approximate surface area is 116 Å². The monoisotopic (exact) mass is 309 g/mol. The van der Waals surface area contributed by atoms with Gasteiger partial charge in [0, 0.05) is 22.5 Å². The first-order valence-corrected chi connectivity index (χ1v) is 8.95. The molecule has 4 nitrogen and oxygen atoms in total. The van der Waals surface area contributed by atoms with E-state index in [9.17, 15) is 8.42 Å². The topological polar surface area (TPSA) is 69.4 Å². The summed E-state index contributed by atoms with van der Waals surface area (Å²) in [6.07, 6.45) is 2.58. The van der Waals surface area contributed by atoms with Crippen LogP contribution in [-0.2, 0) is 15.5 Å². The Balaban J connectivity index is 3.04. The van der Waals surface area contributed by atoms with E-state index in [0.717, 1.165) is 11.3 Å². The molecule has 0 bridgehead atoms. The molecule has 0 radical (unpaired) electrons. The summed E-state index contributed by atoms with van der Waals surface area (Å²) < 4.78 is 27.8. The summed E-state index contributed by atoms with van der Waals surface area (Å²) in [7, 11) is 2.96. The molecule has 0 saturated heterocycles. The Morgan fingerprint density at radius 1 is 1.50 bits per heavy atom. The molecule has 0 aromatic heterocycles. The number of methoxy groups -OCH3 is 1. The van der Waals surface area contributed by atoms with E-state index in [1.54, 1.807) is 23.9 Å². The second-order valence-electron chi connectivity index (χ2n) is 3.84. The third kappa shape index (κ3) is 4.35. The van der Waals surface area contributed by atoms with Gasteiger partial charge in [-0.15, -0.1) is 0 Å². The molecule has 1 rings (SSSR count). The van der Waals surface area contributed by atoms with Crippen molar-refractivity contribution in [3.63, 3.8) is 0 Å². The van der Waals surface area contributed by atoms with Crippen LogP contribution in [0.4, 0.5) is 0 Å². The Morgan fingerprint density at radius 2 is 2.17 bits per heavy atom. The molecule has 0 amide bonds. The number of thioether (sulfide) groups is 1. The van der Waals surface area contributed by atoms with Gasteiger partial charge in [-0.25, -0.2) is 8.42 Å². The van der Waals surface area contributed by atoms with Crippen molar-refractivity contribution in [2.45, 2.75) is 17.4 Å². The van der Waals surface area contributed by atoms with Crippen LogP contribution in [0.3, 0.4) is 0 Å². The molecule has 0 aliphatic rings. The van der Waals surface area contributed by atoms with E-state index < -0.39 is 9.05 Å². The summed E-state index contributed by atoms with van der Waals surface area (Å²) >= 11 is 1.65. The largest absolute Gasteiger partial charge is 0.495 e. The minimum Gasteiger partial charge on any atom is -0.495 e. The van der Waals surface area contributed by atoms with Crippen molar-refractivity contribution in [2.24, 2.45) is 5.73 Å². The first-order chi connectivity index (χ1) is 8.38. The zero-order valence-corrected chi connectivity index (χ0v) is 12.6. The molecule has 0 heterocycles. The van der Waals surface area contributed by atoms with Crippen LogP contribution in [0.25, 0.3) is 0 Å². The summed E-state index contributed by atoms with van der Waals surface area (Å²) in [5.74, 6) is 1.06. The smallest absolute Gasteiger partial charge is 0.264 e. The van der Waals surface area contributed by atoms with Crippen LogP contribution in [0, 0.1) is 0 Å². The Hall–Kier alpha value is -0.430. The fraction of sp³-hybridized carbons (Fsp3) is 0.455. The second-order valence-corrected chi connectivity index (χ2v) is 7.29. The van der Waals surface area contributed by atoms with Gasteiger partial charge in [-0.2, -0.15) is 11.8 Å². The quantitative estimate of drug-likeness (QED) is 0.812. The second kappa shape index (κ2) is 6.65. The van der Waals surface area contributed by atoms with Crippen molar-refractivity contribution in [2.75, 3.05) is 19.1 Å². The zero-order valence-electron chi connectivity index (χ0n) is 10.2. The van der Waals surface area contributed by atoms with E-state index in [-0.39, 0.29) is 16.7 Å². The van der Waals surface area contributed by atoms with Gasteiger partial charge >= 0.3 is 0 Å². The summed E-state index contributed by atoms with van der Waals surface area (Å²) in [5, 5.41) is 0. The summed E-state index contributed by atoms with van der Waals surface area (Å²) in [5.41, 5.74) is 6.74. The highest BCUT2D eigenvalue weighted by atomic mass is 35.7. The van der Waals surface area contributed by atoms with Crippen LogP contribution in [0.5, 0.6) is 5.75 Å². The van der Waals surface area contributed by atoms with Gasteiger partial charge in [-0.3, -0.25) is 0 Å². The molecular formula is C11H16ClNO3S2. The van der Waals surface area contributed by atoms with Gasteiger partial charge in [0.15, 0.2) is 0 Å². The standard InChI is InChI=1S/C11H16ClNO3S2/c1-16-10-4-3-8(5-9(13)7-17-2)6-11(10)18(12,14)15/h3-4,6,9H,5,7,13H2,1-2H3/t9-/m0/s1. The molecule has 0 saturated carbocycles. The molecule has 0 unspecified atom stereocenters. The van der Waals surface area contributed by atoms with Gasteiger partial charge in [0.05, 0.1) is 7.11 Å². The van der Waals surface area contributed by atoms with Crippen LogP contribution in [0.1, 0.15) is 5.56 Å². The van der Waals surface area contributed by atoms with Gasteiger partial charge < -0.3 is 10.5 Å². The fourth-order valence-electron chi connectivity index (χ4n) is 1.61. The lowest BCUT2D eigenvalue weighted by Gasteiger charge is -2.12. The molecule has 7 heteroatoms. The maximum Gasteiger partial charge on any atom is 0.264 e. The molecule has 18 heavy (non-hydrogen) atoms. The van der Waals surface area contributed by atoms with E-state index in [4.69, 9.17) is 21.2 Å². The lowest BCUT2D eigenvalue weighted by atomic mass is 10.1. The normalized spacial score (nSPS) is 13.3. The van der Waals surface area contributed by atoms with Crippen molar-refractivity contribution >= 4 is 31.5 Å². The van der Waals surface area contributed by atoms with Gasteiger partial charge in [-0.05, 0) is 30.4 Å². The molecule has 0 spiro atoms. The van der Waals surface area contributed by atoms with Crippen molar-refractivity contribution in [3.8, 4) is 5.75 Å². The van der Waals surface area contributed by atoms with E-state index in [1.165, 1.54) is 13.2 Å². The van der Waals surface area contributed by atoms with Crippen LogP contribution >= 0.6 is 22.4 Å². The summed E-state index contributed by atoms with van der Waals surface area (Å²) in [6, 6.07) is 4.89. The first kappa shape index (κ1) is 15.6. The van der Waals surface area contributed by atoms with Crippen LogP contribution in [-0.4, -0.2) is 33.6 Å². The predicted octanol–water partition coefficient (Wildman–Crippen LogP) is 1.86. The van der Waals surface area contributed by atoms with Crippen LogP contribution < -0.4 is 10.5 Å². The van der Waals surface area contributed by atoms with Crippen LogP contribution in [0.2, 0.25) is 0 Å². The maximum atomic E-state index is 11.4. The lowest BCUT2D eigenvalue weighted by molar-refractivity contribution is 0.403. The third-order valence-corrected chi connectivity index (χ3v) is 4.47. The molecule has 1 atom stereocenters. The van der Waals surface area contributed by atoms with Crippen LogP contribution in [0.15, 0.2) is 23.1 Å². The minimum absolute atomic E-state index is 0.0134. The molecular weight excluding hydrogens is 294 g/mol. The molecule has 2 N–H and O–H groups in total. The maximum absolute atomic E-state index is 11.4. The number of halogens is 1. The third-order valence-electron chi connectivity index (χ3n) is 2.37. The van der Waals surface area contributed by atoms with Gasteiger partial charge in [0.1, 0.15) is 10.6 Å². The SMILES string of the molecule is COc1ccc(C[C@H](N)CSC)cc1S(=O)(=O)Cl. The molecule has 0 fully saturated rings.